The Hall–Kier alpha value is 1.63. The van der Waals surface area contributed by atoms with Gasteiger partial charge in [-0.3, -0.25) is 0 Å². The first kappa shape index (κ1) is 269. The monoisotopic (exact) mass is 385 g/mol. The number of hydrogen-bond donors (Lipinski definition) is 0. The van der Waals surface area contributed by atoms with Crippen molar-refractivity contribution in [2.45, 2.75) is 0 Å². The Morgan fingerprint density at radius 3 is 0.375 bits per heavy atom. The van der Waals surface area contributed by atoms with Crippen molar-refractivity contribution in [3.8, 4) is 0 Å². The second-order valence-electron chi connectivity index (χ2n) is 0. The third kappa shape index (κ3) is 126. The molecule has 0 aliphatic heterocycles. The summed E-state index contributed by atoms with van der Waals surface area (Å²) in [7, 11) is 0. The van der Waals surface area contributed by atoms with Crippen molar-refractivity contribution in [1.82, 2.24) is 0 Å². The van der Waals surface area contributed by atoms with Gasteiger partial charge in [-0.05, 0) is 0 Å². The summed E-state index contributed by atoms with van der Waals surface area (Å²) in [5.41, 5.74) is 0. The Morgan fingerprint density at radius 1 is 0.375 bits per heavy atom. The Balaban J connectivity index is 0. The van der Waals surface area contributed by atoms with E-state index in [1.807, 2.05) is 0 Å². The predicted octanol–water partition coefficient (Wildman–Crippen LogP) is -2.41. The minimum absolute atomic E-state index is 0. The quantitative estimate of drug-likeness (QED) is 0.412. The van der Waals surface area contributed by atoms with Crippen LogP contribution in [-0.4, -0.2) is 49.2 Å². The van der Waals surface area contributed by atoms with E-state index < -0.39 is 0 Å². The maximum atomic E-state index is 0. The fourth-order valence-electron chi connectivity index (χ4n) is 0. The largest absolute Gasteiger partial charge is 0.412 e. The molecule has 0 amide bonds. The van der Waals surface area contributed by atoms with Crippen molar-refractivity contribution in [2.24, 2.45) is 0 Å². The van der Waals surface area contributed by atoms with Crippen LogP contribution in [0.3, 0.4) is 0 Å². The van der Waals surface area contributed by atoms with Crippen LogP contribution >= 0.6 is 37.2 Å². The first-order chi connectivity index (χ1) is 0. The van der Waals surface area contributed by atoms with E-state index in [1.54, 1.807) is 0 Å². The van der Waals surface area contributed by atoms with Crippen LogP contribution in [0.15, 0.2) is 0 Å². The smallest absolute Gasteiger partial charge is 0 e. The van der Waals surface area contributed by atoms with Gasteiger partial charge in [0.2, 0.25) is 0 Å². The summed E-state index contributed by atoms with van der Waals surface area (Å²) in [6.45, 7) is 0. The molecule has 0 aliphatic carbocycles. The first-order valence-corrected chi connectivity index (χ1v) is 0. The van der Waals surface area contributed by atoms with E-state index in [0.717, 1.165) is 0 Å². The van der Waals surface area contributed by atoms with E-state index in [0.29, 0.717) is 0 Å². The van der Waals surface area contributed by atoms with E-state index in [4.69, 9.17) is 0 Å². The van der Waals surface area contributed by atoms with Crippen molar-refractivity contribution >= 4 is 64.5 Å². The second kappa shape index (κ2) is 189. The number of rotatable bonds is 0. The summed E-state index contributed by atoms with van der Waals surface area (Å²) in [6.07, 6.45) is 0. The van der Waals surface area contributed by atoms with Crippen LogP contribution in [0.2, 0.25) is 0 Å². The van der Waals surface area contributed by atoms with Crippen LogP contribution in [0.4, 0.5) is 0 Å². The standard InChI is InChI=1S/3ClH.4H2O.Tl/h3*1H;4*1H2;. The molecular formula is H11Cl3O4Tl. The molecule has 8 heteroatoms. The molecule has 0 spiro atoms. The van der Waals surface area contributed by atoms with Crippen LogP contribution in [-0.2, 0) is 0 Å². The van der Waals surface area contributed by atoms with Crippen LogP contribution in [0.25, 0.3) is 0 Å². The number of hydrogen-bond acceptors (Lipinski definition) is 0. The van der Waals surface area contributed by atoms with E-state index >= 15 is 0 Å². The minimum atomic E-state index is 0. The summed E-state index contributed by atoms with van der Waals surface area (Å²) in [5, 5.41) is 0. The summed E-state index contributed by atoms with van der Waals surface area (Å²) in [5.74, 6) is 0. The molecule has 8 N–H and O–H groups in total. The van der Waals surface area contributed by atoms with Crippen LogP contribution in [0, 0.1) is 0 Å². The second-order valence-corrected chi connectivity index (χ2v) is 0. The Kier molecular flexibility index (Phi) is 6360. The average molecular weight is 386 g/mol. The van der Waals surface area contributed by atoms with Crippen LogP contribution in [0.5, 0.6) is 0 Å². The molecule has 0 atom stereocenters. The van der Waals surface area contributed by atoms with E-state index in [-0.39, 0.29) is 86.4 Å². The van der Waals surface area contributed by atoms with Crippen LogP contribution < -0.4 is 0 Å². The molecule has 1 radical (unpaired) electrons. The maximum Gasteiger partial charge on any atom is 0 e. The first-order valence-electron chi connectivity index (χ1n) is 0. The van der Waals surface area contributed by atoms with Gasteiger partial charge in [-0.25, -0.2) is 0 Å². The van der Waals surface area contributed by atoms with Gasteiger partial charge in [-0.1, -0.05) is 0 Å². The molecule has 0 fully saturated rings. The molecule has 0 aromatic carbocycles. The molecule has 0 saturated carbocycles. The molecule has 0 bridgehead atoms. The maximum absolute atomic E-state index is 0. The fourth-order valence-corrected chi connectivity index (χ4v) is 0. The van der Waals surface area contributed by atoms with Gasteiger partial charge in [0.1, 0.15) is 0 Å². The molecule has 0 heterocycles. The summed E-state index contributed by atoms with van der Waals surface area (Å²) in [4.78, 5) is 0. The van der Waals surface area contributed by atoms with Crippen molar-refractivity contribution in [2.75, 3.05) is 0 Å². The Morgan fingerprint density at radius 2 is 0.375 bits per heavy atom. The molecule has 0 unspecified atom stereocenters. The molecule has 4 nitrogen and oxygen atoms in total. The molecule has 0 aromatic heterocycles. The summed E-state index contributed by atoms with van der Waals surface area (Å²) < 4.78 is 0. The normalized spacial score (nSPS) is 0. The minimum Gasteiger partial charge on any atom is -0.412 e. The van der Waals surface area contributed by atoms with Gasteiger partial charge in [0.25, 0.3) is 0 Å². The molecule has 0 saturated heterocycles. The van der Waals surface area contributed by atoms with Crippen molar-refractivity contribution in [3.05, 3.63) is 0 Å². The van der Waals surface area contributed by atoms with Gasteiger partial charge in [-0.15, -0.1) is 37.2 Å². The van der Waals surface area contributed by atoms with Gasteiger partial charge >= 0.3 is 0 Å². The molecule has 0 aliphatic rings. The summed E-state index contributed by atoms with van der Waals surface area (Å²) in [6, 6.07) is 0. The van der Waals surface area contributed by atoms with Crippen molar-refractivity contribution in [3.63, 3.8) is 0 Å². The zero-order chi connectivity index (χ0) is 0. The third-order valence-corrected chi connectivity index (χ3v) is 0. The van der Waals surface area contributed by atoms with Crippen molar-refractivity contribution in [1.29, 1.82) is 0 Å². The van der Waals surface area contributed by atoms with E-state index in [9.17, 15) is 0 Å². The molecular weight excluding hydrogens is 375 g/mol. The molecule has 0 aromatic rings. The fraction of sp³-hybridized carbons (Fsp3) is 0. The van der Waals surface area contributed by atoms with Gasteiger partial charge in [0, 0.05) is 27.3 Å². The molecule has 59 valence electrons. The van der Waals surface area contributed by atoms with Crippen LogP contribution in [0.1, 0.15) is 0 Å². The Bertz CT molecular complexity index is 11.2. The predicted molar refractivity (Wildman–Crippen MR) is 42.0 cm³/mol. The van der Waals surface area contributed by atoms with Crippen molar-refractivity contribution < 1.29 is 21.9 Å². The van der Waals surface area contributed by atoms with Gasteiger partial charge in [0.15, 0.2) is 0 Å². The van der Waals surface area contributed by atoms with Gasteiger partial charge < -0.3 is 21.9 Å². The molecule has 0 rings (SSSR count). The SMILES string of the molecule is Cl.Cl.Cl.O.O.O.O.[Tl]. The number of halogens is 3. The third-order valence-electron chi connectivity index (χ3n) is 0. The molecule has 8 heavy (non-hydrogen) atoms. The zero-order valence-electron chi connectivity index (χ0n) is 3.80. The average Bonchev–Trinajstić information content (AvgIpc) is 0. The Labute approximate surface area is 86.0 Å². The summed E-state index contributed by atoms with van der Waals surface area (Å²) >= 11 is 0. The van der Waals surface area contributed by atoms with Gasteiger partial charge in [0.05, 0.1) is 0 Å². The van der Waals surface area contributed by atoms with E-state index in [1.165, 1.54) is 0 Å². The topological polar surface area (TPSA) is 126 Å². The van der Waals surface area contributed by atoms with E-state index in [2.05, 4.69) is 0 Å². The zero-order valence-corrected chi connectivity index (χ0v) is 10.7. The van der Waals surface area contributed by atoms with Gasteiger partial charge in [-0.2, -0.15) is 0 Å².